The summed E-state index contributed by atoms with van der Waals surface area (Å²) < 4.78 is 0. The number of imidazole rings is 1. The standard InChI is InChI=1S/C32H40N8O6/c33-12-4-3-7-26(30(43)40-28(32(45)46)14-20-16-36-25-6-2-1-5-23(20)25)38-31(44)27(15-21-17-35-18-37-21)39-29(42)24(34)13-19-8-10-22(41)11-9-19/h1-2,5-6,8-11,16-18,24,26-28,36,41H,3-4,7,12-15,33-34H2,(H,35,37)(H,38,44)(H,39,42)(H,40,43)(H,45,46). The van der Waals surface area contributed by atoms with Crippen LogP contribution in [0.1, 0.15) is 36.1 Å². The molecule has 0 aliphatic carbocycles. The van der Waals surface area contributed by atoms with Gasteiger partial charge in [0.2, 0.25) is 17.7 Å². The van der Waals surface area contributed by atoms with Crippen LogP contribution in [0.25, 0.3) is 10.9 Å². The van der Waals surface area contributed by atoms with Crippen LogP contribution in [0.3, 0.4) is 0 Å². The summed E-state index contributed by atoms with van der Waals surface area (Å²) in [7, 11) is 0. The zero-order valence-electron chi connectivity index (χ0n) is 25.2. The number of carbonyl (C=O) groups is 4. The first kappa shape index (κ1) is 33.7. The molecule has 14 heteroatoms. The van der Waals surface area contributed by atoms with Crippen molar-refractivity contribution in [1.82, 2.24) is 30.9 Å². The molecule has 4 atom stereocenters. The number of amides is 3. The number of hydrogen-bond donors (Lipinski definition) is 9. The molecule has 2 aromatic carbocycles. The largest absolute Gasteiger partial charge is 0.508 e. The number of aromatic nitrogens is 3. The van der Waals surface area contributed by atoms with E-state index in [-0.39, 0.29) is 31.4 Å². The van der Waals surface area contributed by atoms with Gasteiger partial charge in [-0.3, -0.25) is 14.4 Å². The van der Waals surface area contributed by atoms with Crippen LogP contribution in [0.2, 0.25) is 0 Å². The second kappa shape index (κ2) is 16.2. The first-order valence-electron chi connectivity index (χ1n) is 15.0. The van der Waals surface area contributed by atoms with E-state index in [2.05, 4.69) is 30.9 Å². The van der Waals surface area contributed by atoms with Crippen molar-refractivity contribution in [3.05, 3.63) is 84.1 Å². The lowest BCUT2D eigenvalue weighted by atomic mass is 10.0. The molecule has 0 radical (unpaired) electrons. The number of nitrogens with zero attached hydrogens (tertiary/aromatic N) is 1. The number of unbranched alkanes of at least 4 members (excludes halogenated alkanes) is 1. The number of carboxylic acids is 1. The van der Waals surface area contributed by atoms with Crippen LogP contribution in [0, 0.1) is 0 Å². The number of para-hydroxylation sites is 1. The van der Waals surface area contributed by atoms with Crippen LogP contribution in [-0.4, -0.2) is 79.6 Å². The molecule has 0 bridgehead atoms. The van der Waals surface area contributed by atoms with Gasteiger partial charge in [0.05, 0.1) is 12.4 Å². The highest BCUT2D eigenvalue weighted by molar-refractivity contribution is 5.94. The molecule has 0 aliphatic rings. The number of nitrogens with two attached hydrogens (primary N) is 2. The van der Waals surface area contributed by atoms with Gasteiger partial charge in [-0.2, -0.15) is 0 Å². The van der Waals surface area contributed by atoms with Gasteiger partial charge in [-0.1, -0.05) is 30.3 Å². The lowest BCUT2D eigenvalue weighted by Crippen LogP contribution is -2.58. The fourth-order valence-electron chi connectivity index (χ4n) is 5.11. The number of H-pyrrole nitrogens is 2. The van der Waals surface area contributed by atoms with Crippen LogP contribution in [-0.2, 0) is 38.4 Å². The van der Waals surface area contributed by atoms with Gasteiger partial charge in [-0.05, 0) is 61.6 Å². The lowest BCUT2D eigenvalue weighted by molar-refractivity contribution is -0.142. The molecule has 2 aromatic heterocycles. The number of carboxylic acid groups (broad SMARTS) is 1. The minimum atomic E-state index is -1.26. The van der Waals surface area contributed by atoms with E-state index in [1.54, 1.807) is 18.3 Å². The van der Waals surface area contributed by atoms with Gasteiger partial charge < -0.3 is 47.6 Å². The summed E-state index contributed by atoms with van der Waals surface area (Å²) in [5.41, 5.74) is 14.6. The maximum absolute atomic E-state index is 13.6. The van der Waals surface area contributed by atoms with E-state index >= 15 is 0 Å². The van der Waals surface area contributed by atoms with Crippen molar-refractivity contribution < 1.29 is 29.4 Å². The van der Waals surface area contributed by atoms with Gasteiger partial charge in [0, 0.05) is 41.8 Å². The zero-order chi connectivity index (χ0) is 33.1. The second-order valence-corrected chi connectivity index (χ2v) is 11.1. The number of aromatic amines is 2. The topological polar surface area (TPSA) is 241 Å². The molecule has 4 unspecified atom stereocenters. The predicted octanol–water partition coefficient (Wildman–Crippen LogP) is 0.620. The van der Waals surface area contributed by atoms with E-state index in [1.165, 1.54) is 24.7 Å². The molecule has 0 saturated heterocycles. The Morgan fingerprint density at radius 3 is 2.22 bits per heavy atom. The summed E-state index contributed by atoms with van der Waals surface area (Å²) in [4.78, 5) is 62.4. The molecule has 46 heavy (non-hydrogen) atoms. The summed E-state index contributed by atoms with van der Waals surface area (Å²) in [5.74, 6) is -3.07. The number of phenolic OH excluding ortho intramolecular Hbond substituents is 1. The number of carbonyl (C=O) groups excluding carboxylic acids is 3. The average Bonchev–Trinajstić information content (AvgIpc) is 3.71. The van der Waals surface area contributed by atoms with Gasteiger partial charge in [0.25, 0.3) is 0 Å². The predicted molar refractivity (Wildman–Crippen MR) is 170 cm³/mol. The second-order valence-electron chi connectivity index (χ2n) is 11.1. The molecular formula is C32H40N8O6. The van der Waals surface area contributed by atoms with Crippen LogP contribution in [0.15, 0.2) is 67.3 Å². The van der Waals surface area contributed by atoms with Crippen molar-refractivity contribution in [2.45, 2.75) is 62.7 Å². The number of rotatable bonds is 17. The molecule has 4 rings (SSSR count). The van der Waals surface area contributed by atoms with E-state index in [0.29, 0.717) is 30.6 Å². The Balaban J connectivity index is 1.47. The molecule has 3 amide bonds. The third kappa shape index (κ3) is 9.39. The third-order valence-electron chi connectivity index (χ3n) is 7.63. The van der Waals surface area contributed by atoms with Crippen molar-refractivity contribution in [3.63, 3.8) is 0 Å². The smallest absolute Gasteiger partial charge is 0.326 e. The number of phenols is 1. The normalized spacial score (nSPS) is 13.8. The minimum Gasteiger partial charge on any atom is -0.508 e. The van der Waals surface area contributed by atoms with Gasteiger partial charge in [0.1, 0.15) is 23.9 Å². The fourth-order valence-corrected chi connectivity index (χ4v) is 5.11. The average molecular weight is 633 g/mol. The number of fused-ring (bicyclic) bond motifs is 1. The Kier molecular flexibility index (Phi) is 11.9. The molecular weight excluding hydrogens is 592 g/mol. The minimum absolute atomic E-state index is 0.0198. The maximum atomic E-state index is 13.6. The number of aliphatic carboxylic acids is 1. The van der Waals surface area contributed by atoms with Gasteiger partial charge in [0.15, 0.2) is 0 Å². The SMILES string of the molecule is NCCCCC(NC(=O)C(Cc1cnc[nH]1)NC(=O)C(N)Cc1ccc(O)cc1)C(=O)NC(Cc1c[nH]c2ccccc12)C(=O)O. The summed E-state index contributed by atoms with van der Waals surface area (Å²) >= 11 is 0. The monoisotopic (exact) mass is 632 g/mol. The van der Waals surface area contributed by atoms with Gasteiger partial charge in [-0.15, -0.1) is 0 Å². The highest BCUT2D eigenvalue weighted by Crippen LogP contribution is 2.19. The number of nitrogens with one attached hydrogen (secondary N) is 5. The van der Waals surface area contributed by atoms with E-state index in [9.17, 15) is 29.4 Å². The van der Waals surface area contributed by atoms with Gasteiger partial charge >= 0.3 is 5.97 Å². The molecule has 244 valence electrons. The van der Waals surface area contributed by atoms with Gasteiger partial charge in [-0.25, -0.2) is 9.78 Å². The van der Waals surface area contributed by atoms with E-state index in [4.69, 9.17) is 11.5 Å². The molecule has 0 fully saturated rings. The molecule has 0 spiro atoms. The Labute approximate surface area is 265 Å². The Morgan fingerprint density at radius 2 is 1.52 bits per heavy atom. The third-order valence-corrected chi connectivity index (χ3v) is 7.63. The van der Waals surface area contributed by atoms with Crippen molar-refractivity contribution in [2.24, 2.45) is 11.5 Å². The highest BCUT2D eigenvalue weighted by Gasteiger charge is 2.31. The summed E-state index contributed by atoms with van der Waals surface area (Å²) in [6.07, 6.45) is 6.12. The Morgan fingerprint density at radius 1 is 0.826 bits per heavy atom. The number of benzene rings is 2. The van der Waals surface area contributed by atoms with Crippen molar-refractivity contribution in [1.29, 1.82) is 0 Å². The Bertz CT molecular complexity index is 1600. The van der Waals surface area contributed by atoms with Crippen LogP contribution >= 0.6 is 0 Å². The van der Waals surface area contributed by atoms with E-state index in [1.807, 2.05) is 24.3 Å². The van der Waals surface area contributed by atoms with Crippen LogP contribution in [0.5, 0.6) is 5.75 Å². The molecule has 0 aliphatic heterocycles. The molecule has 4 aromatic rings. The summed E-state index contributed by atoms with van der Waals surface area (Å²) in [6, 6.07) is 9.19. The quantitative estimate of drug-likeness (QED) is 0.0740. The van der Waals surface area contributed by atoms with Crippen molar-refractivity contribution in [3.8, 4) is 5.75 Å². The van der Waals surface area contributed by atoms with Crippen molar-refractivity contribution in [2.75, 3.05) is 6.54 Å². The lowest BCUT2D eigenvalue weighted by Gasteiger charge is -2.25. The highest BCUT2D eigenvalue weighted by atomic mass is 16.4. The fraction of sp³-hybridized carbons (Fsp3) is 0.344. The van der Waals surface area contributed by atoms with Crippen molar-refractivity contribution >= 4 is 34.6 Å². The molecule has 11 N–H and O–H groups in total. The summed E-state index contributed by atoms with van der Waals surface area (Å²) in [6.45, 7) is 0.373. The first-order valence-corrected chi connectivity index (χ1v) is 15.0. The molecule has 0 saturated carbocycles. The van der Waals surface area contributed by atoms with E-state index in [0.717, 1.165) is 16.5 Å². The molecule has 14 nitrogen and oxygen atoms in total. The zero-order valence-corrected chi connectivity index (χ0v) is 25.2. The van der Waals surface area contributed by atoms with Crippen LogP contribution < -0.4 is 27.4 Å². The number of aromatic hydroxyl groups is 1. The first-order chi connectivity index (χ1) is 22.1. The van der Waals surface area contributed by atoms with Crippen LogP contribution in [0.4, 0.5) is 0 Å². The maximum Gasteiger partial charge on any atom is 0.326 e. The van der Waals surface area contributed by atoms with E-state index < -0.39 is 47.9 Å². The summed E-state index contributed by atoms with van der Waals surface area (Å²) in [5, 5.41) is 28.3. The number of hydrogen-bond acceptors (Lipinski definition) is 8. The Hall–Kier alpha value is -5.21. The molecule has 2 heterocycles.